The number of ether oxygens (including phenoxy) is 1. The van der Waals surface area contributed by atoms with Crippen molar-refractivity contribution in [3.8, 4) is 0 Å². The van der Waals surface area contributed by atoms with E-state index in [0.29, 0.717) is 13.1 Å². The zero-order valence-electron chi connectivity index (χ0n) is 9.75. The SMILES string of the molecule is CO[C@H]1CNCC1NS(=O)(=O)c1cnn(C)c1. The average molecular weight is 260 g/mol. The molecule has 0 aromatic carbocycles. The third kappa shape index (κ3) is 2.65. The van der Waals surface area contributed by atoms with Crippen LogP contribution in [0.15, 0.2) is 17.3 Å². The quantitative estimate of drug-likeness (QED) is 0.702. The molecule has 1 aliphatic rings. The van der Waals surface area contributed by atoms with E-state index in [9.17, 15) is 8.42 Å². The minimum atomic E-state index is -3.52. The maximum Gasteiger partial charge on any atom is 0.244 e. The Balaban J connectivity index is 2.12. The summed E-state index contributed by atoms with van der Waals surface area (Å²) in [7, 11) is -0.272. The molecule has 2 rings (SSSR count). The Hall–Kier alpha value is -0.960. The van der Waals surface area contributed by atoms with Gasteiger partial charge in [0.2, 0.25) is 10.0 Å². The third-order valence-corrected chi connectivity index (χ3v) is 4.20. The zero-order chi connectivity index (χ0) is 12.5. The molecule has 0 bridgehead atoms. The number of sulfonamides is 1. The summed E-state index contributed by atoms with van der Waals surface area (Å²) in [5.74, 6) is 0. The topological polar surface area (TPSA) is 85.2 Å². The maximum absolute atomic E-state index is 12.0. The Labute approximate surface area is 100 Å². The molecule has 1 fully saturated rings. The smallest absolute Gasteiger partial charge is 0.244 e. The summed E-state index contributed by atoms with van der Waals surface area (Å²) >= 11 is 0. The molecule has 0 amide bonds. The van der Waals surface area contributed by atoms with E-state index in [0.717, 1.165) is 0 Å². The van der Waals surface area contributed by atoms with Crippen molar-refractivity contribution >= 4 is 10.0 Å². The molecule has 8 heteroatoms. The minimum absolute atomic E-state index is 0.138. The summed E-state index contributed by atoms with van der Waals surface area (Å²) in [6.45, 7) is 1.22. The van der Waals surface area contributed by atoms with Gasteiger partial charge in [0, 0.05) is 33.4 Å². The van der Waals surface area contributed by atoms with Crippen molar-refractivity contribution < 1.29 is 13.2 Å². The van der Waals surface area contributed by atoms with E-state index < -0.39 is 10.0 Å². The Morgan fingerprint density at radius 1 is 1.59 bits per heavy atom. The summed E-state index contributed by atoms with van der Waals surface area (Å²) in [4.78, 5) is 0.168. The van der Waals surface area contributed by atoms with Crippen molar-refractivity contribution in [2.45, 2.75) is 17.0 Å². The van der Waals surface area contributed by atoms with E-state index in [1.165, 1.54) is 17.1 Å². The van der Waals surface area contributed by atoms with Gasteiger partial charge >= 0.3 is 0 Å². The number of hydrogen-bond donors (Lipinski definition) is 2. The molecule has 1 aliphatic heterocycles. The molecule has 0 spiro atoms. The molecule has 2 N–H and O–H groups in total. The molecule has 17 heavy (non-hydrogen) atoms. The normalized spacial score (nSPS) is 25.3. The molecule has 1 aromatic rings. The van der Waals surface area contributed by atoms with Crippen LogP contribution in [0.2, 0.25) is 0 Å². The van der Waals surface area contributed by atoms with Crippen LogP contribution in [0.4, 0.5) is 0 Å². The van der Waals surface area contributed by atoms with Crippen LogP contribution in [-0.4, -0.2) is 50.5 Å². The van der Waals surface area contributed by atoms with Gasteiger partial charge in [0.1, 0.15) is 4.90 Å². The van der Waals surface area contributed by atoms with Gasteiger partial charge in [-0.3, -0.25) is 4.68 Å². The van der Waals surface area contributed by atoms with Gasteiger partial charge in [0.25, 0.3) is 0 Å². The highest BCUT2D eigenvalue weighted by molar-refractivity contribution is 7.89. The van der Waals surface area contributed by atoms with E-state index in [1.54, 1.807) is 14.2 Å². The van der Waals surface area contributed by atoms with Crippen LogP contribution in [0.25, 0.3) is 0 Å². The van der Waals surface area contributed by atoms with Crippen LogP contribution in [-0.2, 0) is 21.8 Å². The number of nitrogens with one attached hydrogen (secondary N) is 2. The molecule has 96 valence electrons. The summed E-state index contributed by atoms with van der Waals surface area (Å²) in [5, 5.41) is 6.93. The Morgan fingerprint density at radius 2 is 2.35 bits per heavy atom. The van der Waals surface area contributed by atoms with Crippen molar-refractivity contribution in [1.29, 1.82) is 0 Å². The van der Waals surface area contributed by atoms with Crippen LogP contribution in [0, 0.1) is 0 Å². The lowest BCUT2D eigenvalue weighted by Crippen LogP contribution is -2.43. The largest absolute Gasteiger partial charge is 0.378 e. The Morgan fingerprint density at radius 3 is 2.94 bits per heavy atom. The second-order valence-corrected chi connectivity index (χ2v) is 5.72. The van der Waals surface area contributed by atoms with Crippen LogP contribution in [0.3, 0.4) is 0 Å². The Kier molecular flexibility index (Phi) is 3.48. The number of aromatic nitrogens is 2. The molecular weight excluding hydrogens is 244 g/mol. The van der Waals surface area contributed by atoms with Gasteiger partial charge in [-0.15, -0.1) is 0 Å². The van der Waals surface area contributed by atoms with Crippen molar-refractivity contribution in [2.75, 3.05) is 20.2 Å². The van der Waals surface area contributed by atoms with E-state index >= 15 is 0 Å². The highest BCUT2D eigenvalue weighted by Crippen LogP contribution is 2.11. The summed E-state index contributed by atoms with van der Waals surface area (Å²) < 4.78 is 33.3. The molecule has 1 unspecified atom stereocenters. The highest BCUT2D eigenvalue weighted by Gasteiger charge is 2.31. The lowest BCUT2D eigenvalue weighted by molar-refractivity contribution is 0.103. The Bertz CT molecular complexity index is 484. The average Bonchev–Trinajstić information content (AvgIpc) is 2.86. The van der Waals surface area contributed by atoms with Gasteiger partial charge in [-0.05, 0) is 0 Å². The van der Waals surface area contributed by atoms with E-state index in [-0.39, 0.29) is 17.0 Å². The molecule has 2 heterocycles. The van der Waals surface area contributed by atoms with Gasteiger partial charge < -0.3 is 10.1 Å². The molecule has 0 radical (unpaired) electrons. The second-order valence-electron chi connectivity index (χ2n) is 4.01. The van der Waals surface area contributed by atoms with Crippen molar-refractivity contribution in [3.05, 3.63) is 12.4 Å². The monoisotopic (exact) mass is 260 g/mol. The lowest BCUT2D eigenvalue weighted by Gasteiger charge is -2.17. The predicted octanol–water partition coefficient (Wildman–Crippen LogP) is -1.31. The fourth-order valence-corrected chi connectivity index (χ4v) is 3.07. The van der Waals surface area contributed by atoms with Crippen molar-refractivity contribution in [3.63, 3.8) is 0 Å². The number of rotatable bonds is 4. The first-order valence-electron chi connectivity index (χ1n) is 5.27. The summed E-state index contributed by atoms with van der Waals surface area (Å²) in [6, 6.07) is -0.245. The van der Waals surface area contributed by atoms with Crippen molar-refractivity contribution in [1.82, 2.24) is 19.8 Å². The number of methoxy groups -OCH3 is 1. The maximum atomic E-state index is 12.0. The van der Waals surface area contributed by atoms with Crippen LogP contribution >= 0.6 is 0 Å². The molecule has 0 aliphatic carbocycles. The first kappa shape index (κ1) is 12.5. The predicted molar refractivity (Wildman–Crippen MR) is 61.0 cm³/mol. The van der Waals surface area contributed by atoms with E-state index in [1.807, 2.05) is 0 Å². The van der Waals surface area contributed by atoms with Crippen LogP contribution in [0.5, 0.6) is 0 Å². The first-order valence-corrected chi connectivity index (χ1v) is 6.76. The third-order valence-electron chi connectivity index (χ3n) is 2.76. The minimum Gasteiger partial charge on any atom is -0.378 e. The van der Waals surface area contributed by atoms with Gasteiger partial charge in [-0.1, -0.05) is 0 Å². The van der Waals surface area contributed by atoms with E-state index in [4.69, 9.17) is 4.74 Å². The van der Waals surface area contributed by atoms with Gasteiger partial charge in [-0.2, -0.15) is 5.10 Å². The molecule has 1 aromatic heterocycles. The van der Waals surface area contributed by atoms with Crippen LogP contribution in [0.1, 0.15) is 0 Å². The lowest BCUT2D eigenvalue weighted by atomic mass is 10.2. The molecule has 1 saturated heterocycles. The van der Waals surface area contributed by atoms with Crippen molar-refractivity contribution in [2.24, 2.45) is 7.05 Å². The van der Waals surface area contributed by atoms with Gasteiger partial charge in [0.15, 0.2) is 0 Å². The standard InChI is InChI=1S/C9H16N4O3S/c1-13-6-7(3-11-13)17(14,15)12-8-4-10-5-9(8)16-2/h3,6,8-10,12H,4-5H2,1-2H3/t8?,9-/m0/s1. The fraction of sp³-hybridized carbons (Fsp3) is 0.667. The number of aryl methyl sites for hydroxylation is 1. The van der Waals surface area contributed by atoms with Gasteiger partial charge in [0.05, 0.1) is 18.3 Å². The number of nitrogens with zero attached hydrogens (tertiary/aromatic N) is 2. The molecule has 2 atom stereocenters. The fourth-order valence-electron chi connectivity index (χ4n) is 1.82. The highest BCUT2D eigenvalue weighted by atomic mass is 32.2. The zero-order valence-corrected chi connectivity index (χ0v) is 10.6. The first-order chi connectivity index (χ1) is 8.03. The summed E-state index contributed by atoms with van der Waals surface area (Å²) in [5.41, 5.74) is 0. The van der Waals surface area contributed by atoms with E-state index in [2.05, 4.69) is 15.1 Å². The second kappa shape index (κ2) is 4.73. The molecule has 7 nitrogen and oxygen atoms in total. The number of hydrogen-bond acceptors (Lipinski definition) is 5. The van der Waals surface area contributed by atoms with Gasteiger partial charge in [-0.25, -0.2) is 13.1 Å². The van der Waals surface area contributed by atoms with Crippen LogP contribution < -0.4 is 10.0 Å². The summed E-state index contributed by atoms with van der Waals surface area (Å²) in [6.07, 6.45) is 2.65. The molecule has 0 saturated carbocycles. The molecular formula is C9H16N4O3S.